The van der Waals surface area contributed by atoms with Crippen LogP contribution in [-0.4, -0.2) is 17.6 Å². The molecule has 0 aliphatic heterocycles. The van der Waals surface area contributed by atoms with Crippen LogP contribution < -0.4 is 5.73 Å². The number of hydrogen-bond acceptors (Lipinski definition) is 3. The Morgan fingerprint density at radius 3 is 3.00 bits per heavy atom. The van der Waals surface area contributed by atoms with Gasteiger partial charge in [-0.1, -0.05) is 18.2 Å². The van der Waals surface area contributed by atoms with Gasteiger partial charge in [0.2, 0.25) is 0 Å². The maximum absolute atomic E-state index is 11.4. The fourth-order valence-corrected chi connectivity index (χ4v) is 1.85. The minimum absolute atomic E-state index is 0.124. The van der Waals surface area contributed by atoms with Crippen molar-refractivity contribution in [2.45, 2.75) is 19.4 Å². The van der Waals surface area contributed by atoms with E-state index in [9.17, 15) is 4.79 Å². The highest BCUT2D eigenvalue weighted by Crippen LogP contribution is 2.18. The molecule has 1 aromatic carbocycles. The molecule has 3 N–H and O–H groups in total. The van der Waals surface area contributed by atoms with Gasteiger partial charge >= 0.3 is 5.97 Å². The van der Waals surface area contributed by atoms with Gasteiger partial charge in [0.05, 0.1) is 12.1 Å². The van der Waals surface area contributed by atoms with E-state index in [1.54, 1.807) is 13.1 Å². The molecule has 0 saturated carbocycles. The van der Waals surface area contributed by atoms with E-state index in [-0.39, 0.29) is 18.4 Å². The van der Waals surface area contributed by atoms with Crippen molar-refractivity contribution in [3.8, 4) is 0 Å². The molecule has 0 bridgehead atoms. The van der Waals surface area contributed by atoms with Gasteiger partial charge in [0.15, 0.2) is 0 Å². The number of rotatable bonds is 4. The molecule has 1 heterocycles. The lowest BCUT2D eigenvalue weighted by Crippen LogP contribution is -2.54. The third kappa shape index (κ3) is 2.84. The smallest absolute Gasteiger partial charge is 0.312 e. The summed E-state index contributed by atoms with van der Waals surface area (Å²) in [5, 5.41) is 1.06. The lowest BCUT2D eigenvalue weighted by Gasteiger charge is -2.08. The van der Waals surface area contributed by atoms with Crippen LogP contribution in [0.4, 0.5) is 0 Å². The van der Waals surface area contributed by atoms with Gasteiger partial charge in [-0.15, -0.1) is 0 Å². The van der Waals surface area contributed by atoms with Crippen molar-refractivity contribution in [2.24, 2.45) is 0 Å². The Morgan fingerprint density at radius 2 is 2.22 bits per heavy atom. The van der Waals surface area contributed by atoms with E-state index in [4.69, 9.17) is 4.74 Å². The maximum atomic E-state index is 11.4. The Labute approximate surface area is 106 Å². The summed E-state index contributed by atoms with van der Waals surface area (Å²) in [6, 6.07) is 9.79. The average molecular weight is 245 g/mol. The fraction of sp³-hybridized carbons (Fsp3) is 0.286. The van der Waals surface area contributed by atoms with Gasteiger partial charge in [-0.05, 0) is 19.1 Å². The number of benzene rings is 1. The number of fused-ring (bicyclic) bond motifs is 1. The minimum Gasteiger partial charge on any atom is -0.466 e. The predicted octanol–water partition coefficient (Wildman–Crippen LogP) is 1.47. The second-order valence-electron chi connectivity index (χ2n) is 4.17. The molecule has 0 spiro atoms. The summed E-state index contributed by atoms with van der Waals surface area (Å²) in [4.78, 5) is 15.8. The standard InChI is InChI=1S/C14H16N2O2/c1-2-18-14(17)8-12(15)11-7-10-5-3-4-6-13(10)16-9-11/h3-7,9,12H,2,8,15H2,1H3/p+1. The molecule has 0 aliphatic rings. The molecular weight excluding hydrogens is 228 g/mol. The van der Waals surface area contributed by atoms with Crippen LogP contribution in [-0.2, 0) is 9.53 Å². The molecule has 2 aromatic rings. The van der Waals surface area contributed by atoms with Crippen LogP contribution in [0.25, 0.3) is 10.9 Å². The van der Waals surface area contributed by atoms with Gasteiger partial charge < -0.3 is 10.5 Å². The average Bonchev–Trinajstić information content (AvgIpc) is 2.38. The van der Waals surface area contributed by atoms with Crippen LogP contribution in [0.15, 0.2) is 36.5 Å². The Kier molecular flexibility index (Phi) is 3.89. The van der Waals surface area contributed by atoms with E-state index in [1.807, 2.05) is 30.3 Å². The molecular formula is C14H17N2O2+. The van der Waals surface area contributed by atoms with Crippen molar-refractivity contribution in [1.82, 2.24) is 4.98 Å². The number of pyridine rings is 1. The van der Waals surface area contributed by atoms with E-state index in [0.29, 0.717) is 6.61 Å². The number of nitrogens with zero attached hydrogens (tertiary/aromatic N) is 1. The Morgan fingerprint density at radius 1 is 1.44 bits per heavy atom. The van der Waals surface area contributed by atoms with Crippen LogP contribution >= 0.6 is 0 Å². The zero-order valence-corrected chi connectivity index (χ0v) is 10.4. The van der Waals surface area contributed by atoms with Gasteiger partial charge in [-0.25, -0.2) is 0 Å². The van der Waals surface area contributed by atoms with Crippen molar-refractivity contribution in [3.05, 3.63) is 42.1 Å². The topological polar surface area (TPSA) is 66.8 Å². The molecule has 0 saturated heterocycles. The quantitative estimate of drug-likeness (QED) is 0.829. The third-order valence-corrected chi connectivity index (χ3v) is 2.80. The van der Waals surface area contributed by atoms with Crippen LogP contribution in [0.1, 0.15) is 24.9 Å². The molecule has 94 valence electrons. The summed E-state index contributed by atoms with van der Waals surface area (Å²) in [6.07, 6.45) is 2.06. The molecule has 2 rings (SSSR count). The summed E-state index contributed by atoms with van der Waals surface area (Å²) < 4.78 is 4.92. The molecule has 18 heavy (non-hydrogen) atoms. The lowest BCUT2D eigenvalue weighted by atomic mass is 10.0. The predicted molar refractivity (Wildman–Crippen MR) is 68.6 cm³/mol. The normalized spacial score (nSPS) is 12.3. The number of hydrogen-bond donors (Lipinski definition) is 1. The van der Waals surface area contributed by atoms with Gasteiger partial charge in [0.1, 0.15) is 12.5 Å². The van der Waals surface area contributed by atoms with Crippen molar-refractivity contribution in [2.75, 3.05) is 6.61 Å². The Bertz CT molecular complexity index is 554. The molecule has 1 aromatic heterocycles. The summed E-state index contributed by atoms with van der Waals surface area (Å²) in [5.41, 5.74) is 5.91. The number of carbonyl (C=O) groups is 1. The SMILES string of the molecule is CCOC(=O)CC([NH3+])c1cnc2ccccc2c1. The van der Waals surface area contributed by atoms with Gasteiger partial charge in [-0.3, -0.25) is 9.78 Å². The largest absolute Gasteiger partial charge is 0.466 e. The molecule has 0 fully saturated rings. The number of carbonyl (C=O) groups excluding carboxylic acids is 1. The molecule has 1 atom stereocenters. The van der Waals surface area contributed by atoms with Gasteiger partial charge in [-0.2, -0.15) is 0 Å². The van der Waals surface area contributed by atoms with Crippen molar-refractivity contribution in [3.63, 3.8) is 0 Å². The summed E-state index contributed by atoms with van der Waals surface area (Å²) >= 11 is 0. The van der Waals surface area contributed by atoms with E-state index < -0.39 is 0 Å². The number of esters is 1. The molecule has 4 nitrogen and oxygen atoms in total. The second-order valence-corrected chi connectivity index (χ2v) is 4.17. The molecule has 4 heteroatoms. The van der Waals surface area contributed by atoms with Crippen molar-refractivity contribution < 1.29 is 15.3 Å². The zero-order valence-electron chi connectivity index (χ0n) is 10.4. The van der Waals surface area contributed by atoms with Crippen LogP contribution in [0, 0.1) is 0 Å². The summed E-state index contributed by atoms with van der Waals surface area (Å²) in [5.74, 6) is -0.217. The number of quaternary nitrogens is 1. The lowest BCUT2D eigenvalue weighted by molar-refractivity contribution is -0.425. The Hall–Kier alpha value is -1.94. The van der Waals surface area contributed by atoms with Crippen LogP contribution in [0.3, 0.4) is 0 Å². The first kappa shape index (κ1) is 12.5. The van der Waals surface area contributed by atoms with Crippen molar-refractivity contribution >= 4 is 16.9 Å². The highest BCUT2D eigenvalue weighted by Gasteiger charge is 2.16. The van der Waals surface area contributed by atoms with Crippen LogP contribution in [0.5, 0.6) is 0 Å². The first-order valence-electron chi connectivity index (χ1n) is 6.04. The zero-order chi connectivity index (χ0) is 13.0. The van der Waals surface area contributed by atoms with Crippen LogP contribution in [0.2, 0.25) is 0 Å². The number of aromatic nitrogens is 1. The molecule has 1 unspecified atom stereocenters. The second kappa shape index (κ2) is 5.60. The first-order valence-corrected chi connectivity index (χ1v) is 6.04. The molecule has 0 radical (unpaired) electrons. The van der Waals surface area contributed by atoms with Gasteiger partial charge in [0, 0.05) is 17.1 Å². The summed E-state index contributed by atoms with van der Waals surface area (Å²) in [7, 11) is 0. The molecule has 0 amide bonds. The highest BCUT2D eigenvalue weighted by atomic mass is 16.5. The number of para-hydroxylation sites is 1. The fourth-order valence-electron chi connectivity index (χ4n) is 1.85. The monoisotopic (exact) mass is 245 g/mol. The maximum Gasteiger partial charge on any atom is 0.312 e. The molecule has 0 aliphatic carbocycles. The van der Waals surface area contributed by atoms with E-state index in [2.05, 4.69) is 10.7 Å². The minimum atomic E-state index is -0.217. The highest BCUT2D eigenvalue weighted by molar-refractivity contribution is 5.79. The Balaban J connectivity index is 2.17. The van der Waals surface area contributed by atoms with E-state index in [1.165, 1.54) is 0 Å². The number of ether oxygens (including phenoxy) is 1. The van der Waals surface area contributed by atoms with Crippen molar-refractivity contribution in [1.29, 1.82) is 0 Å². The van der Waals surface area contributed by atoms with E-state index in [0.717, 1.165) is 16.5 Å². The van der Waals surface area contributed by atoms with E-state index >= 15 is 0 Å². The first-order chi connectivity index (χ1) is 8.70. The van der Waals surface area contributed by atoms with Gasteiger partial charge in [0.25, 0.3) is 0 Å². The third-order valence-electron chi connectivity index (χ3n) is 2.80. The summed E-state index contributed by atoms with van der Waals surface area (Å²) in [6.45, 7) is 2.20.